The van der Waals surface area contributed by atoms with Crippen molar-refractivity contribution in [1.29, 1.82) is 0 Å². The third kappa shape index (κ3) is 5.08. The first-order chi connectivity index (χ1) is 30.3. The number of rotatable bonds is 5. The Morgan fingerprint density at radius 1 is 0.361 bits per heavy atom. The molecule has 0 bridgehead atoms. The van der Waals surface area contributed by atoms with Crippen molar-refractivity contribution in [3.63, 3.8) is 0 Å². The second-order valence-corrected chi connectivity index (χ2v) is 15.7. The van der Waals surface area contributed by atoms with Gasteiger partial charge in [0.1, 0.15) is 11.2 Å². The number of fused-ring (bicyclic) bond motifs is 12. The van der Waals surface area contributed by atoms with E-state index in [4.69, 9.17) is 14.4 Å². The minimum Gasteiger partial charge on any atom is -0.455 e. The molecule has 5 heteroatoms. The van der Waals surface area contributed by atoms with E-state index in [0.29, 0.717) is 5.82 Å². The molecule has 9 aromatic carbocycles. The standard InChI is InChI=1S/C56H34N4O/c1-3-14-35(15-4-1)36-26-28-39(29-27-36)59-47-24-11-8-22-44(47)51-48(59)33-31-45-52-49(32-30-42-41-20-9-12-25-50(41)61-55(42)52)60(54(45)51)40-19-13-18-38(34-40)56-57-46-23-10-7-21-43(46)53(58-56)37-16-5-2-6-17-37/h1-34H. The van der Waals surface area contributed by atoms with E-state index in [0.717, 1.165) is 93.9 Å². The fraction of sp³-hybridized carbons (Fsp3) is 0. The van der Waals surface area contributed by atoms with E-state index in [1.807, 2.05) is 18.2 Å². The number of benzene rings is 9. The van der Waals surface area contributed by atoms with Gasteiger partial charge in [-0.05, 0) is 77.9 Å². The molecule has 4 aromatic heterocycles. The molecule has 5 nitrogen and oxygen atoms in total. The van der Waals surface area contributed by atoms with Crippen molar-refractivity contribution in [3.8, 4) is 45.1 Å². The highest BCUT2D eigenvalue weighted by atomic mass is 16.3. The van der Waals surface area contributed by atoms with Crippen molar-refractivity contribution in [3.05, 3.63) is 206 Å². The molecule has 0 spiro atoms. The summed E-state index contributed by atoms with van der Waals surface area (Å²) in [6.07, 6.45) is 0. The van der Waals surface area contributed by atoms with Gasteiger partial charge in [-0.25, -0.2) is 9.97 Å². The van der Waals surface area contributed by atoms with Gasteiger partial charge in [0.25, 0.3) is 0 Å². The zero-order valence-corrected chi connectivity index (χ0v) is 32.8. The molecule has 0 saturated carbocycles. The largest absolute Gasteiger partial charge is 0.455 e. The number of hydrogen-bond donors (Lipinski definition) is 0. The van der Waals surface area contributed by atoms with Crippen LogP contribution in [0, 0.1) is 0 Å². The minimum absolute atomic E-state index is 0.681. The molecule has 0 aliphatic rings. The summed E-state index contributed by atoms with van der Waals surface area (Å²) in [5.74, 6) is 0.681. The Bertz CT molecular complexity index is 3860. The number of furan rings is 1. The van der Waals surface area contributed by atoms with Gasteiger partial charge < -0.3 is 13.6 Å². The van der Waals surface area contributed by atoms with Gasteiger partial charge >= 0.3 is 0 Å². The van der Waals surface area contributed by atoms with E-state index < -0.39 is 0 Å². The molecule has 0 N–H and O–H groups in total. The highest BCUT2D eigenvalue weighted by Gasteiger charge is 2.24. The minimum atomic E-state index is 0.681. The second-order valence-electron chi connectivity index (χ2n) is 15.7. The third-order valence-electron chi connectivity index (χ3n) is 12.3. The van der Waals surface area contributed by atoms with E-state index in [9.17, 15) is 0 Å². The third-order valence-corrected chi connectivity index (χ3v) is 12.3. The smallest absolute Gasteiger partial charge is 0.160 e. The van der Waals surface area contributed by atoms with Crippen LogP contribution in [0.1, 0.15) is 0 Å². The van der Waals surface area contributed by atoms with Crippen LogP contribution in [0.5, 0.6) is 0 Å². The fourth-order valence-corrected chi connectivity index (χ4v) is 9.61. The molecule has 0 unspecified atom stereocenters. The second kappa shape index (κ2) is 13.1. The van der Waals surface area contributed by atoms with Gasteiger partial charge in [-0.15, -0.1) is 0 Å². The van der Waals surface area contributed by atoms with Crippen LogP contribution in [0.15, 0.2) is 211 Å². The summed E-state index contributed by atoms with van der Waals surface area (Å²) in [6, 6.07) is 73.0. The summed E-state index contributed by atoms with van der Waals surface area (Å²) in [5.41, 5.74) is 14.6. The lowest BCUT2D eigenvalue weighted by Crippen LogP contribution is -1.98. The maximum atomic E-state index is 6.80. The lowest BCUT2D eigenvalue weighted by molar-refractivity contribution is 0.673. The average molecular weight is 779 g/mol. The Balaban J connectivity index is 1.11. The molecule has 0 atom stereocenters. The van der Waals surface area contributed by atoms with Gasteiger partial charge in [-0.1, -0.05) is 140 Å². The molecule has 0 aliphatic heterocycles. The van der Waals surface area contributed by atoms with Crippen LogP contribution in [0.3, 0.4) is 0 Å². The van der Waals surface area contributed by atoms with Crippen molar-refractivity contribution >= 4 is 76.5 Å². The molecule has 0 amide bonds. The molecule has 0 fully saturated rings. The summed E-state index contributed by atoms with van der Waals surface area (Å²) in [5, 5.41) is 7.83. The van der Waals surface area contributed by atoms with Gasteiger partial charge in [-0.2, -0.15) is 0 Å². The summed E-state index contributed by atoms with van der Waals surface area (Å²) in [7, 11) is 0. The zero-order chi connectivity index (χ0) is 40.0. The van der Waals surface area contributed by atoms with Crippen LogP contribution in [0.2, 0.25) is 0 Å². The topological polar surface area (TPSA) is 48.8 Å². The molecule has 4 heterocycles. The van der Waals surface area contributed by atoms with Gasteiger partial charge in [0.15, 0.2) is 5.82 Å². The van der Waals surface area contributed by atoms with Crippen molar-refractivity contribution in [1.82, 2.24) is 19.1 Å². The van der Waals surface area contributed by atoms with Crippen LogP contribution >= 0.6 is 0 Å². The normalized spacial score (nSPS) is 11.9. The Morgan fingerprint density at radius 2 is 1.00 bits per heavy atom. The van der Waals surface area contributed by atoms with Crippen LogP contribution in [-0.2, 0) is 0 Å². The predicted octanol–water partition coefficient (Wildman–Crippen LogP) is 14.7. The predicted molar refractivity (Wildman–Crippen MR) is 252 cm³/mol. The summed E-state index contributed by atoms with van der Waals surface area (Å²) in [6.45, 7) is 0. The van der Waals surface area contributed by atoms with Crippen molar-refractivity contribution in [2.45, 2.75) is 0 Å². The summed E-state index contributed by atoms with van der Waals surface area (Å²) >= 11 is 0. The van der Waals surface area contributed by atoms with Crippen LogP contribution in [0.25, 0.3) is 122 Å². The van der Waals surface area contributed by atoms with E-state index in [2.05, 4.69) is 197 Å². The Labute approximate surface area is 350 Å². The summed E-state index contributed by atoms with van der Waals surface area (Å²) in [4.78, 5) is 10.4. The van der Waals surface area contributed by atoms with Gasteiger partial charge in [0.05, 0.1) is 38.7 Å². The molecular formula is C56H34N4O. The first kappa shape index (κ1) is 33.7. The maximum Gasteiger partial charge on any atom is 0.160 e. The first-order valence-corrected chi connectivity index (χ1v) is 20.7. The highest BCUT2D eigenvalue weighted by Crippen LogP contribution is 2.46. The lowest BCUT2D eigenvalue weighted by atomic mass is 10.1. The number of hydrogen-bond acceptors (Lipinski definition) is 3. The van der Waals surface area contributed by atoms with Crippen molar-refractivity contribution < 1.29 is 4.42 Å². The number of nitrogens with zero attached hydrogens (tertiary/aromatic N) is 4. The van der Waals surface area contributed by atoms with E-state index in [1.54, 1.807) is 0 Å². The van der Waals surface area contributed by atoms with Crippen LogP contribution < -0.4 is 0 Å². The fourth-order valence-electron chi connectivity index (χ4n) is 9.61. The molecule has 61 heavy (non-hydrogen) atoms. The number of aromatic nitrogens is 4. The van der Waals surface area contributed by atoms with Crippen LogP contribution in [0.4, 0.5) is 0 Å². The maximum absolute atomic E-state index is 6.80. The first-order valence-electron chi connectivity index (χ1n) is 20.7. The van der Waals surface area contributed by atoms with E-state index >= 15 is 0 Å². The number of para-hydroxylation sites is 3. The summed E-state index contributed by atoms with van der Waals surface area (Å²) < 4.78 is 11.6. The van der Waals surface area contributed by atoms with Gasteiger partial charge in [0.2, 0.25) is 0 Å². The zero-order valence-electron chi connectivity index (χ0n) is 32.8. The molecule has 13 rings (SSSR count). The van der Waals surface area contributed by atoms with E-state index in [1.165, 1.54) is 21.9 Å². The molecule has 0 saturated heterocycles. The lowest BCUT2D eigenvalue weighted by Gasteiger charge is -2.13. The molecule has 284 valence electrons. The van der Waals surface area contributed by atoms with Gasteiger partial charge in [-0.3, -0.25) is 0 Å². The Kier molecular flexibility index (Phi) is 7.24. The van der Waals surface area contributed by atoms with E-state index in [-0.39, 0.29) is 0 Å². The molecule has 13 aromatic rings. The molecule has 0 radical (unpaired) electrons. The van der Waals surface area contributed by atoms with Gasteiger partial charge in [0, 0.05) is 54.8 Å². The Morgan fingerprint density at radius 3 is 1.82 bits per heavy atom. The van der Waals surface area contributed by atoms with Crippen molar-refractivity contribution in [2.24, 2.45) is 0 Å². The monoisotopic (exact) mass is 778 g/mol. The molecular weight excluding hydrogens is 745 g/mol. The SMILES string of the molecule is c1ccc(-c2ccc(-n3c4ccccc4c4c3ccc3c5c6oc7ccccc7c6ccc5n(-c5cccc(-c6nc(-c7ccccc7)c7ccccc7n6)c5)c34)cc2)cc1. The molecule has 0 aliphatic carbocycles. The quantitative estimate of drug-likeness (QED) is 0.175. The van der Waals surface area contributed by atoms with Crippen LogP contribution in [-0.4, -0.2) is 19.1 Å². The highest BCUT2D eigenvalue weighted by molar-refractivity contribution is 6.31. The average Bonchev–Trinajstić information content (AvgIpc) is 3.99. The Hall–Kier alpha value is -8.28. The van der Waals surface area contributed by atoms with Crippen molar-refractivity contribution in [2.75, 3.05) is 0 Å².